The first-order valence-electron chi connectivity index (χ1n) is 16.0. The normalized spacial score (nSPS) is 22.0. The van der Waals surface area contributed by atoms with Crippen LogP contribution in [0, 0.1) is 0 Å². The molecule has 0 saturated carbocycles. The number of aliphatic imine (C=N–C) groups is 1. The Morgan fingerprint density at radius 3 is 2.38 bits per heavy atom. The Labute approximate surface area is 262 Å². The van der Waals surface area contributed by atoms with E-state index in [0.29, 0.717) is 57.4 Å². The molecule has 1 atom stereocenters. The van der Waals surface area contributed by atoms with Crippen LogP contribution in [0.1, 0.15) is 83.2 Å². The third kappa shape index (κ3) is 5.19. The van der Waals surface area contributed by atoms with Crippen LogP contribution in [0.3, 0.4) is 0 Å². The molecule has 45 heavy (non-hydrogen) atoms. The molecule has 0 fully saturated rings. The van der Waals surface area contributed by atoms with E-state index in [0.717, 1.165) is 68.2 Å². The molecule has 10 heteroatoms. The van der Waals surface area contributed by atoms with Crippen molar-refractivity contribution in [2.75, 3.05) is 13.1 Å². The van der Waals surface area contributed by atoms with Gasteiger partial charge in [-0.15, -0.1) is 0 Å². The molecule has 5 aliphatic rings. The highest BCUT2D eigenvalue weighted by Crippen LogP contribution is 2.41. The highest BCUT2D eigenvalue weighted by Gasteiger charge is 2.39. The van der Waals surface area contributed by atoms with Gasteiger partial charge in [0.15, 0.2) is 0 Å². The molecule has 10 nitrogen and oxygen atoms in total. The van der Waals surface area contributed by atoms with Crippen LogP contribution in [0.25, 0.3) is 6.08 Å². The van der Waals surface area contributed by atoms with Gasteiger partial charge in [0.05, 0.1) is 17.5 Å². The molecule has 0 spiro atoms. The fourth-order valence-corrected chi connectivity index (χ4v) is 7.76. The summed E-state index contributed by atoms with van der Waals surface area (Å²) in [6, 6.07) is 2.07. The third-order valence-corrected chi connectivity index (χ3v) is 10.0. The van der Waals surface area contributed by atoms with Gasteiger partial charge in [-0.25, -0.2) is 4.99 Å². The Kier molecular flexibility index (Phi) is 8.01. The standard InChI is InChI=1S/C35H40N4O6/c1-5-23-20(4)34(44)39-14-13-37-22(16-31(23)39)15-21(7-9-32(40)41)30(37)18-28-25(8-10-33(42)43)26-11-12-38-29(17-27(26)36-28)19(3)24(6-2)35(38)45/h15,17-18,31H,5-14,16H2,1-4H3,(H,40,41)(H,42,43)/b28-18-. The number of carbonyl (C=O) groups excluding carboxylic acids is 2. The lowest BCUT2D eigenvalue weighted by Crippen LogP contribution is -2.37. The van der Waals surface area contributed by atoms with E-state index in [4.69, 9.17) is 4.99 Å². The van der Waals surface area contributed by atoms with Crippen molar-refractivity contribution in [1.29, 1.82) is 0 Å². The molecule has 236 valence electrons. The van der Waals surface area contributed by atoms with Gasteiger partial charge in [-0.05, 0) is 92.0 Å². The van der Waals surface area contributed by atoms with E-state index in [2.05, 4.69) is 17.6 Å². The van der Waals surface area contributed by atoms with Gasteiger partial charge in [-0.3, -0.25) is 19.2 Å². The minimum atomic E-state index is -0.899. The first-order chi connectivity index (χ1) is 21.5. The minimum absolute atomic E-state index is 0.00827. The zero-order chi connectivity index (χ0) is 32.2. The quantitative estimate of drug-likeness (QED) is 0.411. The highest BCUT2D eigenvalue weighted by atomic mass is 16.4. The average molecular weight is 613 g/mol. The topological polar surface area (TPSA) is 133 Å². The number of aliphatic carboxylic acids is 2. The number of amides is 2. The smallest absolute Gasteiger partial charge is 0.303 e. The molecule has 0 aromatic carbocycles. The molecule has 2 N–H and O–H groups in total. The van der Waals surface area contributed by atoms with E-state index < -0.39 is 11.9 Å². The Morgan fingerprint density at radius 1 is 0.956 bits per heavy atom. The average Bonchev–Trinajstić information content (AvgIpc) is 3.53. The van der Waals surface area contributed by atoms with Gasteiger partial charge in [-0.1, -0.05) is 13.8 Å². The summed E-state index contributed by atoms with van der Waals surface area (Å²) in [4.78, 5) is 58.4. The summed E-state index contributed by atoms with van der Waals surface area (Å²) in [5, 5.41) is 19.1. The Bertz CT molecular complexity index is 1730. The van der Waals surface area contributed by atoms with Crippen molar-refractivity contribution >= 4 is 35.5 Å². The molecule has 2 amide bonds. The van der Waals surface area contributed by atoms with Gasteiger partial charge in [0.1, 0.15) is 0 Å². The number of aromatic nitrogens is 1. The molecule has 0 aliphatic carbocycles. The van der Waals surface area contributed by atoms with Crippen LogP contribution in [0.5, 0.6) is 0 Å². The summed E-state index contributed by atoms with van der Waals surface area (Å²) < 4.78 is 2.20. The van der Waals surface area contributed by atoms with E-state index in [1.54, 1.807) is 0 Å². The zero-order valence-electron chi connectivity index (χ0n) is 26.4. The second-order valence-corrected chi connectivity index (χ2v) is 12.4. The number of fused-ring (bicyclic) bond motifs is 4. The van der Waals surface area contributed by atoms with Gasteiger partial charge in [0.2, 0.25) is 5.91 Å². The largest absolute Gasteiger partial charge is 0.481 e. The van der Waals surface area contributed by atoms with E-state index in [1.807, 2.05) is 42.7 Å². The summed E-state index contributed by atoms with van der Waals surface area (Å²) in [5.41, 5.74) is 10.7. The van der Waals surface area contributed by atoms with Gasteiger partial charge in [0.25, 0.3) is 5.91 Å². The lowest BCUT2D eigenvalue weighted by molar-refractivity contribution is -0.138. The minimum Gasteiger partial charge on any atom is -0.481 e. The van der Waals surface area contributed by atoms with Crippen molar-refractivity contribution < 1.29 is 29.4 Å². The number of aryl methyl sites for hydroxylation is 1. The monoisotopic (exact) mass is 612 g/mol. The number of carboxylic acid groups (broad SMARTS) is 2. The molecule has 0 bridgehead atoms. The number of rotatable bonds is 9. The van der Waals surface area contributed by atoms with E-state index >= 15 is 0 Å². The van der Waals surface area contributed by atoms with Crippen molar-refractivity contribution in [3.8, 4) is 0 Å². The van der Waals surface area contributed by atoms with Crippen LogP contribution >= 0.6 is 0 Å². The number of hydrogen-bond donors (Lipinski definition) is 2. The molecule has 1 aromatic heterocycles. The van der Waals surface area contributed by atoms with E-state index in [-0.39, 0.29) is 30.7 Å². The number of carbonyl (C=O) groups is 4. The fraction of sp³-hybridized carbons (Fsp3) is 0.457. The number of hydrogen-bond acceptors (Lipinski definition) is 5. The fourth-order valence-electron chi connectivity index (χ4n) is 7.76. The Balaban J connectivity index is 1.46. The molecule has 1 aromatic rings. The van der Waals surface area contributed by atoms with Crippen molar-refractivity contribution in [2.45, 2.75) is 91.6 Å². The number of allylic oxidation sites excluding steroid dienone is 3. The Morgan fingerprint density at radius 2 is 1.69 bits per heavy atom. The van der Waals surface area contributed by atoms with E-state index in [9.17, 15) is 29.4 Å². The van der Waals surface area contributed by atoms with Crippen LogP contribution in [-0.2, 0) is 38.6 Å². The predicted octanol–water partition coefficient (Wildman–Crippen LogP) is 4.81. The second kappa shape index (κ2) is 11.8. The molecule has 0 saturated heterocycles. The van der Waals surface area contributed by atoms with Crippen molar-refractivity contribution in [3.63, 3.8) is 0 Å². The van der Waals surface area contributed by atoms with E-state index in [1.165, 1.54) is 0 Å². The highest BCUT2D eigenvalue weighted by molar-refractivity contribution is 6.15. The summed E-state index contributed by atoms with van der Waals surface area (Å²) >= 11 is 0. The van der Waals surface area contributed by atoms with Crippen LogP contribution in [0.2, 0.25) is 0 Å². The number of carboxylic acids is 2. The lowest BCUT2D eigenvalue weighted by atomic mass is 9.96. The first-order valence-corrected chi connectivity index (χ1v) is 16.0. The summed E-state index contributed by atoms with van der Waals surface area (Å²) in [7, 11) is 0. The van der Waals surface area contributed by atoms with Crippen LogP contribution in [-0.4, -0.2) is 73.2 Å². The van der Waals surface area contributed by atoms with Gasteiger partial charge in [0, 0.05) is 67.1 Å². The maximum atomic E-state index is 13.1. The van der Waals surface area contributed by atoms with Crippen LogP contribution in [0.15, 0.2) is 62.0 Å². The lowest BCUT2D eigenvalue weighted by Gasteiger charge is -2.24. The van der Waals surface area contributed by atoms with Crippen LogP contribution < -0.4 is 0 Å². The van der Waals surface area contributed by atoms with Crippen molar-refractivity contribution in [3.05, 3.63) is 73.9 Å². The SMILES string of the molecule is CCC1=C(C)C2=CC3=N/C(=C\c4c(CCC(=O)O)cc5n4CCN4C(=O)C(C)=C(CC)C4C5)C(CCC(=O)O)=C3CCN2C1=O. The van der Waals surface area contributed by atoms with Crippen molar-refractivity contribution in [1.82, 2.24) is 14.4 Å². The molecule has 6 rings (SSSR count). The van der Waals surface area contributed by atoms with Gasteiger partial charge < -0.3 is 24.6 Å². The van der Waals surface area contributed by atoms with Crippen LogP contribution in [0.4, 0.5) is 0 Å². The summed E-state index contributed by atoms with van der Waals surface area (Å²) in [6.45, 7) is 9.54. The molecule has 0 radical (unpaired) electrons. The molecular weight excluding hydrogens is 572 g/mol. The molecule has 6 heterocycles. The first kappa shape index (κ1) is 30.6. The predicted molar refractivity (Wildman–Crippen MR) is 169 cm³/mol. The number of nitrogens with zero attached hydrogens (tertiary/aromatic N) is 4. The maximum absolute atomic E-state index is 13.1. The molecule has 1 unspecified atom stereocenters. The maximum Gasteiger partial charge on any atom is 0.303 e. The third-order valence-electron chi connectivity index (χ3n) is 10.0. The van der Waals surface area contributed by atoms with Crippen molar-refractivity contribution in [2.24, 2.45) is 4.99 Å². The summed E-state index contributed by atoms with van der Waals surface area (Å²) in [6.07, 6.45) is 7.18. The van der Waals surface area contributed by atoms with Gasteiger partial charge >= 0.3 is 11.9 Å². The summed E-state index contributed by atoms with van der Waals surface area (Å²) in [5.74, 6) is -1.66. The zero-order valence-corrected chi connectivity index (χ0v) is 26.4. The molecular formula is C35H40N4O6. The molecule has 5 aliphatic heterocycles. The van der Waals surface area contributed by atoms with Gasteiger partial charge in [-0.2, -0.15) is 0 Å². The second-order valence-electron chi connectivity index (χ2n) is 12.4. The Hall–Kier alpha value is -4.47.